The van der Waals surface area contributed by atoms with E-state index >= 15 is 0 Å². The second-order valence-electron chi connectivity index (χ2n) is 4.54. The zero-order valence-electron chi connectivity index (χ0n) is 10.3. The minimum atomic E-state index is -0.175. The van der Waals surface area contributed by atoms with Crippen LogP contribution in [0, 0.1) is 0 Å². The summed E-state index contributed by atoms with van der Waals surface area (Å²) in [7, 11) is 0. The molecule has 2 N–H and O–H groups in total. The van der Waals surface area contributed by atoms with Gasteiger partial charge in [0.15, 0.2) is 0 Å². The van der Waals surface area contributed by atoms with E-state index in [0.717, 1.165) is 25.8 Å². The Morgan fingerprint density at radius 2 is 1.88 bits per heavy atom. The number of aliphatic hydroxyl groups is 1. The summed E-state index contributed by atoms with van der Waals surface area (Å²) in [6.45, 7) is 5.03. The normalized spacial score (nSPS) is 14.7. The van der Waals surface area contributed by atoms with E-state index in [2.05, 4.69) is 36.5 Å². The summed E-state index contributed by atoms with van der Waals surface area (Å²) in [6.07, 6.45) is 2.81. The third-order valence-electron chi connectivity index (χ3n) is 2.68. The van der Waals surface area contributed by atoms with Gasteiger partial charge >= 0.3 is 0 Å². The molecule has 2 atom stereocenters. The Kier molecular flexibility index (Phi) is 6.12. The molecule has 2 unspecified atom stereocenters. The van der Waals surface area contributed by atoms with Crippen molar-refractivity contribution < 1.29 is 5.11 Å². The molecular formula is C14H23NO. The molecule has 0 bridgehead atoms. The van der Waals surface area contributed by atoms with Gasteiger partial charge in [0, 0.05) is 6.04 Å². The van der Waals surface area contributed by atoms with Gasteiger partial charge in [0.1, 0.15) is 0 Å². The third kappa shape index (κ3) is 5.89. The summed E-state index contributed by atoms with van der Waals surface area (Å²) in [6, 6.07) is 11.0. The minimum Gasteiger partial charge on any atom is -0.393 e. The average Bonchev–Trinajstić information content (AvgIpc) is 2.25. The molecule has 0 fully saturated rings. The van der Waals surface area contributed by atoms with Crippen molar-refractivity contribution in [3.8, 4) is 0 Å². The molecule has 0 amide bonds. The van der Waals surface area contributed by atoms with E-state index in [9.17, 15) is 0 Å². The van der Waals surface area contributed by atoms with Crippen molar-refractivity contribution in [1.82, 2.24) is 5.32 Å². The monoisotopic (exact) mass is 221 g/mol. The fourth-order valence-electron chi connectivity index (χ4n) is 1.79. The number of aliphatic hydroxyl groups excluding tert-OH is 1. The van der Waals surface area contributed by atoms with E-state index in [4.69, 9.17) is 5.11 Å². The lowest BCUT2D eigenvalue weighted by Gasteiger charge is -2.14. The van der Waals surface area contributed by atoms with Crippen LogP contribution in [-0.2, 0) is 6.42 Å². The lowest BCUT2D eigenvalue weighted by atomic mass is 10.1. The Morgan fingerprint density at radius 3 is 2.50 bits per heavy atom. The molecule has 0 saturated heterocycles. The molecule has 90 valence electrons. The smallest absolute Gasteiger partial charge is 0.0512 e. The van der Waals surface area contributed by atoms with Gasteiger partial charge in [-0.15, -0.1) is 0 Å². The molecule has 0 aliphatic heterocycles. The van der Waals surface area contributed by atoms with Crippen LogP contribution in [0.5, 0.6) is 0 Å². The Balaban J connectivity index is 2.14. The van der Waals surface area contributed by atoms with Gasteiger partial charge in [-0.25, -0.2) is 0 Å². The zero-order valence-corrected chi connectivity index (χ0v) is 10.3. The number of hydrogen-bond donors (Lipinski definition) is 2. The molecule has 1 aromatic rings. The van der Waals surface area contributed by atoms with Gasteiger partial charge in [0.2, 0.25) is 0 Å². The first-order chi connectivity index (χ1) is 7.68. The van der Waals surface area contributed by atoms with Gasteiger partial charge in [-0.1, -0.05) is 30.3 Å². The largest absolute Gasteiger partial charge is 0.393 e. The molecule has 16 heavy (non-hydrogen) atoms. The van der Waals surface area contributed by atoms with E-state index in [1.54, 1.807) is 0 Å². The zero-order chi connectivity index (χ0) is 11.8. The standard InChI is InChI=1S/C14H23NO/c1-12(15-10-6-7-13(2)16)11-14-8-4-3-5-9-14/h3-5,8-9,12-13,15-16H,6-7,10-11H2,1-2H3. The fraction of sp³-hybridized carbons (Fsp3) is 0.571. The SMILES string of the molecule is CC(O)CCCNC(C)Cc1ccccc1. The molecule has 2 heteroatoms. The third-order valence-corrected chi connectivity index (χ3v) is 2.68. The number of hydrogen-bond acceptors (Lipinski definition) is 2. The van der Waals surface area contributed by atoms with Crippen LogP contribution in [-0.4, -0.2) is 23.8 Å². The first-order valence-corrected chi connectivity index (χ1v) is 6.14. The maximum atomic E-state index is 9.13. The second-order valence-corrected chi connectivity index (χ2v) is 4.54. The molecule has 0 aliphatic rings. The number of benzene rings is 1. The molecule has 0 aromatic heterocycles. The highest BCUT2D eigenvalue weighted by molar-refractivity contribution is 5.15. The summed E-state index contributed by atoms with van der Waals surface area (Å²) in [5, 5.41) is 12.6. The van der Waals surface area contributed by atoms with Crippen LogP contribution in [0.2, 0.25) is 0 Å². The molecule has 0 radical (unpaired) electrons. The molecule has 1 aromatic carbocycles. The number of rotatable bonds is 7. The van der Waals surface area contributed by atoms with E-state index < -0.39 is 0 Å². The first kappa shape index (κ1) is 13.2. The quantitative estimate of drug-likeness (QED) is 0.693. The molecule has 0 saturated carbocycles. The van der Waals surface area contributed by atoms with E-state index in [0.29, 0.717) is 6.04 Å². The summed E-state index contributed by atoms with van der Waals surface area (Å²) in [4.78, 5) is 0. The van der Waals surface area contributed by atoms with Crippen LogP contribution >= 0.6 is 0 Å². The van der Waals surface area contributed by atoms with Gasteiger partial charge < -0.3 is 10.4 Å². The highest BCUT2D eigenvalue weighted by atomic mass is 16.3. The van der Waals surface area contributed by atoms with E-state index in [1.165, 1.54) is 5.56 Å². The Labute approximate surface area is 98.7 Å². The van der Waals surface area contributed by atoms with Gasteiger partial charge in [-0.05, 0) is 45.2 Å². The van der Waals surface area contributed by atoms with Crippen molar-refractivity contribution in [3.05, 3.63) is 35.9 Å². The highest BCUT2D eigenvalue weighted by Gasteiger charge is 2.02. The van der Waals surface area contributed by atoms with Crippen LogP contribution in [0.1, 0.15) is 32.3 Å². The Morgan fingerprint density at radius 1 is 1.19 bits per heavy atom. The van der Waals surface area contributed by atoms with Crippen molar-refractivity contribution in [3.63, 3.8) is 0 Å². The summed E-state index contributed by atoms with van der Waals surface area (Å²) < 4.78 is 0. The molecule has 2 nitrogen and oxygen atoms in total. The van der Waals surface area contributed by atoms with Crippen LogP contribution in [0.25, 0.3) is 0 Å². The predicted octanol–water partition coefficient (Wildman–Crippen LogP) is 2.37. The van der Waals surface area contributed by atoms with Gasteiger partial charge in [-0.2, -0.15) is 0 Å². The first-order valence-electron chi connectivity index (χ1n) is 6.14. The van der Waals surface area contributed by atoms with Crippen molar-refractivity contribution in [2.45, 2.75) is 45.3 Å². The van der Waals surface area contributed by atoms with Crippen LogP contribution in [0.4, 0.5) is 0 Å². The summed E-state index contributed by atoms with van der Waals surface area (Å²) in [5.41, 5.74) is 1.37. The van der Waals surface area contributed by atoms with Crippen molar-refractivity contribution in [1.29, 1.82) is 0 Å². The summed E-state index contributed by atoms with van der Waals surface area (Å²) >= 11 is 0. The van der Waals surface area contributed by atoms with Gasteiger partial charge in [0.25, 0.3) is 0 Å². The van der Waals surface area contributed by atoms with E-state index in [-0.39, 0.29) is 6.10 Å². The van der Waals surface area contributed by atoms with Gasteiger partial charge in [-0.3, -0.25) is 0 Å². The Hall–Kier alpha value is -0.860. The Bertz CT molecular complexity index is 271. The topological polar surface area (TPSA) is 32.3 Å². The molecule has 1 rings (SSSR count). The predicted molar refractivity (Wildman–Crippen MR) is 68.5 cm³/mol. The van der Waals surface area contributed by atoms with Gasteiger partial charge in [0.05, 0.1) is 6.10 Å². The van der Waals surface area contributed by atoms with Crippen molar-refractivity contribution in [2.24, 2.45) is 0 Å². The summed E-state index contributed by atoms with van der Waals surface area (Å²) in [5.74, 6) is 0. The molecule has 0 spiro atoms. The second kappa shape index (κ2) is 7.42. The average molecular weight is 221 g/mol. The lowest BCUT2D eigenvalue weighted by Crippen LogP contribution is -2.29. The van der Waals surface area contributed by atoms with Crippen molar-refractivity contribution >= 4 is 0 Å². The van der Waals surface area contributed by atoms with Crippen LogP contribution in [0.3, 0.4) is 0 Å². The molecule has 0 aliphatic carbocycles. The van der Waals surface area contributed by atoms with Crippen molar-refractivity contribution in [2.75, 3.05) is 6.54 Å². The molecule has 0 heterocycles. The minimum absolute atomic E-state index is 0.175. The maximum absolute atomic E-state index is 9.13. The highest BCUT2D eigenvalue weighted by Crippen LogP contribution is 2.03. The lowest BCUT2D eigenvalue weighted by molar-refractivity contribution is 0.181. The van der Waals surface area contributed by atoms with E-state index in [1.807, 2.05) is 13.0 Å². The number of nitrogens with one attached hydrogen (secondary N) is 1. The van der Waals surface area contributed by atoms with Crippen LogP contribution in [0.15, 0.2) is 30.3 Å². The van der Waals surface area contributed by atoms with Crippen LogP contribution < -0.4 is 5.32 Å². The molecular weight excluding hydrogens is 198 g/mol. The maximum Gasteiger partial charge on any atom is 0.0512 e. The fourth-order valence-corrected chi connectivity index (χ4v) is 1.79.